The fourth-order valence-corrected chi connectivity index (χ4v) is 6.05. The molecule has 6 nitrogen and oxygen atoms in total. The number of Topliss-reactive ketones (excluding diaryl/α,β-unsaturated/α-hetero) is 1. The molecule has 40 heavy (non-hydrogen) atoms. The van der Waals surface area contributed by atoms with E-state index in [1.54, 1.807) is 17.2 Å². The van der Waals surface area contributed by atoms with Crippen LogP contribution in [0.1, 0.15) is 60.4 Å². The maximum atomic E-state index is 13.9. The quantitative estimate of drug-likeness (QED) is 0.337. The van der Waals surface area contributed by atoms with Crippen molar-refractivity contribution in [1.29, 1.82) is 5.26 Å². The van der Waals surface area contributed by atoms with E-state index in [1.807, 2.05) is 51.1 Å². The molecule has 1 aliphatic heterocycles. The summed E-state index contributed by atoms with van der Waals surface area (Å²) in [6, 6.07) is 18.0. The number of halogens is 1. The maximum absolute atomic E-state index is 13.9. The van der Waals surface area contributed by atoms with Crippen molar-refractivity contribution >= 4 is 23.1 Å². The van der Waals surface area contributed by atoms with Crippen LogP contribution in [0.4, 0.5) is 5.69 Å². The van der Waals surface area contributed by atoms with Crippen LogP contribution in [0, 0.1) is 37.5 Å². The number of pyridine rings is 1. The van der Waals surface area contributed by atoms with E-state index in [0.29, 0.717) is 36.3 Å². The number of nitrogens with two attached hydrogens (primary N) is 1. The molecule has 0 amide bonds. The first-order chi connectivity index (χ1) is 19.0. The molecule has 7 heteroatoms. The highest BCUT2D eigenvalue weighted by atomic mass is 35.5. The number of nitriles is 1. The Kier molecular flexibility index (Phi) is 7.20. The Morgan fingerprint density at radius 2 is 1.85 bits per heavy atom. The maximum Gasteiger partial charge on any atom is 0.162 e. The fraction of sp³-hybridized carbons (Fsp3) is 0.303. The van der Waals surface area contributed by atoms with E-state index in [1.165, 1.54) is 0 Å². The smallest absolute Gasteiger partial charge is 0.162 e. The Morgan fingerprint density at radius 3 is 2.52 bits per heavy atom. The summed E-state index contributed by atoms with van der Waals surface area (Å²) in [6.07, 6.45) is 2.58. The number of allylic oxidation sites excluding steroid dienone is 3. The van der Waals surface area contributed by atoms with E-state index in [2.05, 4.69) is 37.0 Å². The molecule has 0 saturated heterocycles. The molecule has 0 saturated carbocycles. The minimum atomic E-state index is -0.590. The van der Waals surface area contributed by atoms with Gasteiger partial charge in [-0.25, -0.2) is 4.98 Å². The van der Waals surface area contributed by atoms with Gasteiger partial charge in [-0.2, -0.15) is 5.26 Å². The Morgan fingerprint density at radius 1 is 1.12 bits per heavy atom. The highest BCUT2D eigenvalue weighted by Gasteiger charge is 2.45. The van der Waals surface area contributed by atoms with Crippen LogP contribution in [-0.4, -0.2) is 10.8 Å². The summed E-state index contributed by atoms with van der Waals surface area (Å²) in [5.41, 5.74) is 13.8. The van der Waals surface area contributed by atoms with E-state index in [-0.39, 0.29) is 22.2 Å². The molecule has 2 aliphatic rings. The van der Waals surface area contributed by atoms with Gasteiger partial charge in [0.1, 0.15) is 18.2 Å². The number of anilines is 1. The highest BCUT2D eigenvalue weighted by Crippen LogP contribution is 2.51. The van der Waals surface area contributed by atoms with Crippen molar-refractivity contribution < 1.29 is 9.53 Å². The first-order valence-corrected chi connectivity index (χ1v) is 13.7. The number of carbonyl (C=O) groups excluding carboxylic acids is 1. The van der Waals surface area contributed by atoms with Crippen LogP contribution in [0.2, 0.25) is 5.15 Å². The van der Waals surface area contributed by atoms with E-state index < -0.39 is 5.92 Å². The Hall–Kier alpha value is -4.08. The van der Waals surface area contributed by atoms with Crippen LogP contribution in [0.5, 0.6) is 5.75 Å². The van der Waals surface area contributed by atoms with Gasteiger partial charge < -0.3 is 10.5 Å². The Balaban J connectivity index is 1.67. The Labute approximate surface area is 240 Å². The van der Waals surface area contributed by atoms with E-state index in [9.17, 15) is 10.1 Å². The highest BCUT2D eigenvalue weighted by molar-refractivity contribution is 6.32. The SMILES string of the molecule is Cc1ccc(OCc2cc(C)cc(C3C(C#N)=C(N)N(c4cccnc4Cl)C4=C3C(=O)CC(C)(C)C4)c2C)cc1. The summed E-state index contributed by atoms with van der Waals surface area (Å²) in [5, 5.41) is 10.7. The lowest BCUT2D eigenvalue weighted by Gasteiger charge is -2.44. The fourth-order valence-electron chi connectivity index (χ4n) is 5.85. The lowest BCUT2D eigenvalue weighted by Crippen LogP contribution is -2.42. The average Bonchev–Trinajstić information content (AvgIpc) is 2.89. The standard InChI is InChI=1S/C33H33ClN4O2/c1-19-8-10-23(11-9-19)40-18-22-13-20(2)14-24(21(22)3)29-25(17-35)32(36)38(26-7-6-12-37-31(26)34)27-15-33(4,5)16-28(39)30(27)29/h6-14,29H,15-16,18,36H2,1-5H3. The molecule has 0 radical (unpaired) electrons. The molecule has 5 rings (SSSR count). The van der Waals surface area contributed by atoms with Crippen molar-refractivity contribution in [3.05, 3.63) is 110 Å². The second-order valence-corrected chi connectivity index (χ2v) is 11.9. The van der Waals surface area contributed by atoms with Crippen LogP contribution >= 0.6 is 11.6 Å². The molecule has 1 aliphatic carbocycles. The topological polar surface area (TPSA) is 92.2 Å². The van der Waals surface area contributed by atoms with E-state index >= 15 is 0 Å². The molecule has 0 fully saturated rings. The number of hydrogen-bond acceptors (Lipinski definition) is 6. The molecular weight excluding hydrogens is 520 g/mol. The molecule has 2 aromatic carbocycles. The number of rotatable bonds is 5. The summed E-state index contributed by atoms with van der Waals surface area (Å²) in [7, 11) is 0. The van der Waals surface area contributed by atoms with Crippen molar-refractivity contribution in [3.8, 4) is 11.8 Å². The minimum absolute atomic E-state index is 0.0138. The van der Waals surface area contributed by atoms with Crippen molar-refractivity contribution in [2.75, 3.05) is 4.90 Å². The van der Waals surface area contributed by atoms with Gasteiger partial charge >= 0.3 is 0 Å². The number of benzene rings is 2. The van der Waals surface area contributed by atoms with Gasteiger partial charge in [-0.05, 0) is 73.6 Å². The zero-order chi connectivity index (χ0) is 28.8. The second-order valence-electron chi connectivity index (χ2n) is 11.5. The van der Waals surface area contributed by atoms with Crippen molar-refractivity contribution in [2.24, 2.45) is 11.1 Å². The zero-order valence-electron chi connectivity index (χ0n) is 23.5. The zero-order valence-corrected chi connectivity index (χ0v) is 24.3. The first kappa shape index (κ1) is 27.5. The summed E-state index contributed by atoms with van der Waals surface area (Å²) in [6.45, 7) is 10.6. The molecule has 3 aromatic rings. The van der Waals surface area contributed by atoms with Gasteiger partial charge in [0.2, 0.25) is 0 Å². The van der Waals surface area contributed by atoms with E-state index in [4.69, 9.17) is 22.1 Å². The van der Waals surface area contributed by atoms with Crippen molar-refractivity contribution in [3.63, 3.8) is 0 Å². The third kappa shape index (κ3) is 4.98. The van der Waals surface area contributed by atoms with Crippen LogP contribution in [0.15, 0.2) is 77.4 Å². The molecule has 0 spiro atoms. The lowest BCUT2D eigenvalue weighted by atomic mass is 9.68. The third-order valence-electron chi connectivity index (χ3n) is 7.79. The minimum Gasteiger partial charge on any atom is -0.489 e. The van der Waals surface area contributed by atoms with Crippen molar-refractivity contribution in [1.82, 2.24) is 4.98 Å². The monoisotopic (exact) mass is 552 g/mol. The molecule has 1 atom stereocenters. The van der Waals surface area contributed by atoms with Crippen LogP contribution in [0.25, 0.3) is 0 Å². The van der Waals surface area contributed by atoms with Crippen LogP contribution in [-0.2, 0) is 11.4 Å². The predicted molar refractivity (Wildman–Crippen MR) is 158 cm³/mol. The normalized spacial score (nSPS) is 18.5. The third-order valence-corrected chi connectivity index (χ3v) is 8.08. The number of ketones is 1. The molecule has 1 unspecified atom stereocenters. The van der Waals surface area contributed by atoms with Gasteiger partial charge in [0.05, 0.1) is 23.2 Å². The summed E-state index contributed by atoms with van der Waals surface area (Å²) in [5.74, 6) is 0.476. The number of aryl methyl sites for hydroxylation is 2. The predicted octanol–water partition coefficient (Wildman–Crippen LogP) is 7.18. The summed E-state index contributed by atoms with van der Waals surface area (Å²) >= 11 is 6.53. The number of carbonyl (C=O) groups is 1. The molecule has 0 bridgehead atoms. The van der Waals surface area contributed by atoms with Gasteiger partial charge in [0.25, 0.3) is 0 Å². The molecule has 204 valence electrons. The first-order valence-electron chi connectivity index (χ1n) is 13.4. The number of nitrogens with zero attached hydrogens (tertiary/aromatic N) is 3. The van der Waals surface area contributed by atoms with Crippen LogP contribution < -0.4 is 15.4 Å². The number of hydrogen-bond donors (Lipinski definition) is 1. The van der Waals surface area contributed by atoms with Gasteiger partial charge in [0, 0.05) is 23.9 Å². The largest absolute Gasteiger partial charge is 0.489 e. The summed E-state index contributed by atoms with van der Waals surface area (Å²) in [4.78, 5) is 20.0. The Bertz CT molecular complexity index is 1610. The molecule has 2 heterocycles. The second kappa shape index (κ2) is 10.5. The van der Waals surface area contributed by atoms with Crippen molar-refractivity contribution in [2.45, 2.75) is 60.0 Å². The van der Waals surface area contributed by atoms with E-state index in [0.717, 1.165) is 39.3 Å². The van der Waals surface area contributed by atoms with Gasteiger partial charge in [0.15, 0.2) is 10.9 Å². The van der Waals surface area contributed by atoms with Crippen LogP contribution in [0.3, 0.4) is 0 Å². The summed E-state index contributed by atoms with van der Waals surface area (Å²) < 4.78 is 6.13. The van der Waals surface area contributed by atoms with Gasteiger partial charge in [-0.3, -0.25) is 9.69 Å². The lowest BCUT2D eigenvalue weighted by molar-refractivity contribution is -0.118. The number of aromatic nitrogens is 1. The number of ether oxygens (including phenoxy) is 1. The molecule has 2 N–H and O–H groups in total. The molecular formula is C33H33ClN4O2. The average molecular weight is 553 g/mol. The van der Waals surface area contributed by atoms with Gasteiger partial charge in [-0.1, -0.05) is 60.8 Å². The molecule has 1 aromatic heterocycles. The van der Waals surface area contributed by atoms with Gasteiger partial charge in [-0.15, -0.1) is 0 Å².